The molecule has 0 bridgehead atoms. The summed E-state index contributed by atoms with van der Waals surface area (Å²) in [5.41, 5.74) is 1.20. The maximum Gasteiger partial charge on any atom is 0.337 e. The Morgan fingerprint density at radius 3 is 2.83 bits per heavy atom. The van der Waals surface area contributed by atoms with Gasteiger partial charge in [0.05, 0.1) is 17.4 Å². The molecule has 1 fully saturated rings. The molecule has 1 aliphatic carbocycles. The Labute approximate surface area is 107 Å². The van der Waals surface area contributed by atoms with Gasteiger partial charge in [0.25, 0.3) is 0 Å². The second-order valence-corrected chi connectivity index (χ2v) is 5.45. The quantitative estimate of drug-likeness (QED) is 0.859. The summed E-state index contributed by atoms with van der Waals surface area (Å²) in [5.74, 6) is -0.909. The van der Waals surface area contributed by atoms with E-state index in [0.29, 0.717) is 11.3 Å². The van der Waals surface area contributed by atoms with E-state index in [1.807, 2.05) is 0 Å². The second kappa shape index (κ2) is 5.38. The molecule has 0 aromatic carbocycles. The van der Waals surface area contributed by atoms with Crippen molar-refractivity contribution in [2.45, 2.75) is 39.0 Å². The highest BCUT2D eigenvalue weighted by Gasteiger charge is 2.26. The van der Waals surface area contributed by atoms with Gasteiger partial charge >= 0.3 is 5.97 Å². The molecule has 1 aromatic rings. The number of carboxylic acid groups (broad SMARTS) is 1. The van der Waals surface area contributed by atoms with Crippen LogP contribution < -0.4 is 5.32 Å². The fourth-order valence-corrected chi connectivity index (χ4v) is 2.61. The van der Waals surface area contributed by atoms with Gasteiger partial charge < -0.3 is 10.4 Å². The van der Waals surface area contributed by atoms with Crippen molar-refractivity contribution in [3.8, 4) is 0 Å². The lowest BCUT2D eigenvalue weighted by Crippen LogP contribution is -2.29. The van der Waals surface area contributed by atoms with Crippen LogP contribution in [-0.4, -0.2) is 22.6 Å². The van der Waals surface area contributed by atoms with Crippen molar-refractivity contribution < 1.29 is 9.90 Å². The highest BCUT2D eigenvalue weighted by molar-refractivity contribution is 5.93. The Morgan fingerprint density at radius 1 is 1.44 bits per heavy atom. The molecule has 1 heterocycles. The molecule has 0 aliphatic heterocycles. The Kier molecular flexibility index (Phi) is 3.84. The summed E-state index contributed by atoms with van der Waals surface area (Å²) in [6, 6.07) is 1.54. The number of nitrogens with one attached hydrogen (secondary N) is 1. The molecule has 1 aromatic heterocycles. The first-order chi connectivity index (χ1) is 8.61. The van der Waals surface area contributed by atoms with Gasteiger partial charge in [-0.05, 0) is 24.3 Å². The van der Waals surface area contributed by atoms with E-state index in [2.05, 4.69) is 17.2 Å². The van der Waals surface area contributed by atoms with Crippen LogP contribution in [0, 0.1) is 5.41 Å². The van der Waals surface area contributed by atoms with Gasteiger partial charge in [0.2, 0.25) is 0 Å². The van der Waals surface area contributed by atoms with Gasteiger partial charge in [0, 0.05) is 12.7 Å². The Hall–Kier alpha value is -1.58. The maximum absolute atomic E-state index is 11.1. The fraction of sp³-hybridized carbons (Fsp3) is 0.571. The van der Waals surface area contributed by atoms with Crippen LogP contribution in [0.3, 0.4) is 0 Å². The second-order valence-electron chi connectivity index (χ2n) is 5.45. The molecule has 2 N–H and O–H groups in total. The van der Waals surface area contributed by atoms with E-state index < -0.39 is 5.97 Å². The van der Waals surface area contributed by atoms with Crippen molar-refractivity contribution >= 4 is 11.7 Å². The van der Waals surface area contributed by atoms with Crippen LogP contribution in [-0.2, 0) is 0 Å². The Balaban J connectivity index is 2.03. The lowest BCUT2D eigenvalue weighted by Gasteiger charge is -2.34. The molecule has 0 radical (unpaired) electrons. The van der Waals surface area contributed by atoms with Crippen molar-refractivity contribution in [1.29, 1.82) is 0 Å². The average Bonchev–Trinajstić information content (AvgIpc) is 2.38. The molecule has 98 valence electrons. The minimum atomic E-state index is -0.909. The molecule has 18 heavy (non-hydrogen) atoms. The number of carboxylic acids is 1. The van der Waals surface area contributed by atoms with E-state index in [9.17, 15) is 4.79 Å². The number of rotatable bonds is 4. The summed E-state index contributed by atoms with van der Waals surface area (Å²) in [4.78, 5) is 15.1. The molecule has 4 nitrogen and oxygen atoms in total. The molecule has 4 heteroatoms. The zero-order chi connectivity index (χ0) is 13.0. The van der Waals surface area contributed by atoms with Gasteiger partial charge in [-0.3, -0.25) is 4.98 Å². The van der Waals surface area contributed by atoms with Gasteiger partial charge in [0.15, 0.2) is 0 Å². The number of hydrogen-bond donors (Lipinski definition) is 2. The van der Waals surface area contributed by atoms with Crippen LogP contribution in [0.4, 0.5) is 5.69 Å². The van der Waals surface area contributed by atoms with E-state index in [-0.39, 0.29) is 5.41 Å². The molecule has 0 amide bonds. The highest BCUT2D eigenvalue weighted by atomic mass is 16.4. The van der Waals surface area contributed by atoms with Crippen LogP contribution in [0.15, 0.2) is 18.5 Å². The third-order valence-corrected chi connectivity index (χ3v) is 3.82. The van der Waals surface area contributed by atoms with Gasteiger partial charge in [-0.2, -0.15) is 0 Å². The van der Waals surface area contributed by atoms with Crippen LogP contribution in [0.25, 0.3) is 0 Å². The minimum absolute atomic E-state index is 0.282. The molecule has 1 saturated carbocycles. The van der Waals surface area contributed by atoms with Crippen molar-refractivity contribution in [3.63, 3.8) is 0 Å². The molecule has 1 aliphatic rings. The van der Waals surface area contributed by atoms with Crippen molar-refractivity contribution in [2.75, 3.05) is 11.9 Å². The smallest absolute Gasteiger partial charge is 0.337 e. The molecule has 0 spiro atoms. The van der Waals surface area contributed by atoms with E-state index >= 15 is 0 Å². The zero-order valence-electron chi connectivity index (χ0n) is 10.8. The summed E-state index contributed by atoms with van der Waals surface area (Å²) in [6.45, 7) is 3.09. The first kappa shape index (κ1) is 12.9. The SMILES string of the molecule is CC1(CNc2cnccc2C(=O)O)CCCCC1. The first-order valence-corrected chi connectivity index (χ1v) is 6.52. The van der Waals surface area contributed by atoms with Crippen LogP contribution >= 0.6 is 0 Å². The molecule has 2 rings (SSSR count). The van der Waals surface area contributed by atoms with Gasteiger partial charge in [0.1, 0.15) is 0 Å². The van der Waals surface area contributed by atoms with Crippen molar-refractivity contribution in [1.82, 2.24) is 4.98 Å². The first-order valence-electron chi connectivity index (χ1n) is 6.52. The summed E-state index contributed by atoms with van der Waals surface area (Å²) < 4.78 is 0. The van der Waals surface area contributed by atoms with Gasteiger partial charge in [-0.15, -0.1) is 0 Å². The van der Waals surface area contributed by atoms with Gasteiger partial charge in [-0.25, -0.2) is 4.79 Å². The summed E-state index contributed by atoms with van der Waals surface area (Å²) >= 11 is 0. The number of pyridine rings is 1. The van der Waals surface area contributed by atoms with Crippen LogP contribution in [0.2, 0.25) is 0 Å². The Bertz CT molecular complexity index is 426. The number of hydrogen-bond acceptors (Lipinski definition) is 3. The normalized spacial score (nSPS) is 18.3. The Morgan fingerprint density at radius 2 is 2.17 bits per heavy atom. The third-order valence-electron chi connectivity index (χ3n) is 3.82. The predicted molar refractivity (Wildman–Crippen MR) is 70.9 cm³/mol. The maximum atomic E-state index is 11.1. The third kappa shape index (κ3) is 3.00. The molecule has 0 saturated heterocycles. The largest absolute Gasteiger partial charge is 0.478 e. The highest BCUT2D eigenvalue weighted by Crippen LogP contribution is 2.35. The number of anilines is 1. The van der Waals surface area contributed by atoms with E-state index in [0.717, 1.165) is 6.54 Å². The summed E-state index contributed by atoms with van der Waals surface area (Å²) in [5, 5.41) is 12.4. The van der Waals surface area contributed by atoms with E-state index in [1.165, 1.54) is 44.4 Å². The monoisotopic (exact) mass is 248 g/mol. The zero-order valence-corrected chi connectivity index (χ0v) is 10.8. The lowest BCUT2D eigenvalue weighted by atomic mass is 9.75. The van der Waals surface area contributed by atoms with Crippen LogP contribution in [0.5, 0.6) is 0 Å². The number of aromatic carboxylic acids is 1. The molecule has 0 atom stereocenters. The number of carbonyl (C=O) groups is 1. The number of aromatic nitrogens is 1. The van der Waals surface area contributed by atoms with Crippen LogP contribution in [0.1, 0.15) is 49.4 Å². The molecule has 0 unspecified atom stereocenters. The lowest BCUT2D eigenvalue weighted by molar-refractivity contribution is 0.0697. The molecular weight excluding hydrogens is 228 g/mol. The number of nitrogens with zero attached hydrogens (tertiary/aromatic N) is 1. The minimum Gasteiger partial charge on any atom is -0.478 e. The predicted octanol–water partition coefficient (Wildman–Crippen LogP) is 3.16. The fourth-order valence-electron chi connectivity index (χ4n) is 2.61. The van der Waals surface area contributed by atoms with Gasteiger partial charge in [-0.1, -0.05) is 26.2 Å². The molecular formula is C14H20N2O2. The van der Waals surface area contributed by atoms with E-state index in [1.54, 1.807) is 6.20 Å². The summed E-state index contributed by atoms with van der Waals surface area (Å²) in [7, 11) is 0. The average molecular weight is 248 g/mol. The van der Waals surface area contributed by atoms with Crippen molar-refractivity contribution in [3.05, 3.63) is 24.0 Å². The standard InChI is InChI=1S/C14H20N2O2/c1-14(6-3-2-4-7-14)10-16-12-9-15-8-5-11(12)13(17)18/h5,8-9,16H,2-4,6-7,10H2,1H3,(H,17,18). The van der Waals surface area contributed by atoms with Crippen molar-refractivity contribution in [2.24, 2.45) is 5.41 Å². The summed E-state index contributed by atoms with van der Waals surface area (Å²) in [6.07, 6.45) is 9.40. The van der Waals surface area contributed by atoms with E-state index in [4.69, 9.17) is 5.11 Å². The topological polar surface area (TPSA) is 62.2 Å².